The molecule has 0 aliphatic carbocycles. The number of pyridine rings is 1. The first kappa shape index (κ1) is 22.8. The highest BCUT2D eigenvalue weighted by Gasteiger charge is 2.18. The van der Waals surface area contributed by atoms with Crippen molar-refractivity contribution in [3.05, 3.63) is 41.5 Å². The molecule has 8 nitrogen and oxygen atoms in total. The summed E-state index contributed by atoms with van der Waals surface area (Å²) >= 11 is 1.44. The summed E-state index contributed by atoms with van der Waals surface area (Å²) in [6, 6.07) is 5.33. The van der Waals surface area contributed by atoms with Gasteiger partial charge in [0, 0.05) is 24.2 Å². The van der Waals surface area contributed by atoms with Crippen LogP contribution >= 0.6 is 11.3 Å². The minimum Gasteiger partial charge on any atom is -0.444 e. The van der Waals surface area contributed by atoms with E-state index in [1.807, 2.05) is 17.4 Å². The number of aromatic nitrogens is 2. The highest BCUT2D eigenvalue weighted by molar-refractivity contribution is 7.13. The summed E-state index contributed by atoms with van der Waals surface area (Å²) in [7, 11) is 0. The molecule has 3 heterocycles. The Kier molecular flexibility index (Phi) is 6.97. The quantitative estimate of drug-likeness (QED) is 0.504. The Balaban J connectivity index is 1.80. The predicted octanol–water partition coefficient (Wildman–Crippen LogP) is 4.30. The molecule has 0 saturated carbocycles. The Morgan fingerprint density at radius 3 is 2.77 bits per heavy atom. The average molecular weight is 445 g/mol. The number of carbonyl (C=O) groups excluding carboxylic acids is 2. The Morgan fingerprint density at radius 1 is 1.32 bits per heavy atom. The first-order chi connectivity index (χ1) is 14.7. The Morgan fingerprint density at radius 2 is 2.10 bits per heavy atom. The molecule has 0 aromatic carbocycles. The first-order valence-electron chi connectivity index (χ1n) is 10.2. The van der Waals surface area contributed by atoms with Crippen LogP contribution in [0, 0.1) is 0 Å². The highest BCUT2D eigenvalue weighted by Crippen LogP contribution is 2.29. The van der Waals surface area contributed by atoms with Gasteiger partial charge in [0.1, 0.15) is 11.2 Å². The zero-order valence-electron chi connectivity index (χ0n) is 18.1. The Labute approximate surface area is 185 Å². The zero-order valence-corrected chi connectivity index (χ0v) is 19.0. The summed E-state index contributed by atoms with van der Waals surface area (Å²) in [4.78, 5) is 29.9. The van der Waals surface area contributed by atoms with Gasteiger partial charge in [0.15, 0.2) is 0 Å². The highest BCUT2D eigenvalue weighted by atomic mass is 32.1. The van der Waals surface area contributed by atoms with Crippen molar-refractivity contribution in [3.8, 4) is 10.6 Å². The van der Waals surface area contributed by atoms with E-state index < -0.39 is 11.7 Å². The van der Waals surface area contributed by atoms with Crippen LogP contribution in [0.15, 0.2) is 36.0 Å². The zero-order chi connectivity index (χ0) is 22.6. The van der Waals surface area contributed by atoms with Crippen molar-refractivity contribution in [3.63, 3.8) is 0 Å². The Bertz CT molecular complexity index is 1070. The molecule has 166 valence electrons. The molecule has 3 rings (SSSR count). The molecular weight excluding hydrogens is 416 g/mol. The number of hydrogen-bond acceptors (Lipinski definition) is 6. The fourth-order valence-corrected chi connectivity index (χ4v) is 3.95. The second-order valence-electron chi connectivity index (χ2n) is 8.21. The topological polar surface area (TPSA) is 105 Å². The second kappa shape index (κ2) is 9.49. The predicted molar refractivity (Wildman–Crippen MR) is 122 cm³/mol. The number of ether oxygens (including phenoxy) is 1. The van der Waals surface area contributed by atoms with Crippen molar-refractivity contribution in [2.45, 2.75) is 52.2 Å². The van der Waals surface area contributed by atoms with Crippen molar-refractivity contribution in [2.75, 3.05) is 11.9 Å². The maximum Gasteiger partial charge on any atom is 0.412 e. The third kappa shape index (κ3) is 5.83. The number of rotatable bonds is 7. The molecule has 1 unspecified atom stereocenters. The smallest absolute Gasteiger partial charge is 0.412 e. The summed E-state index contributed by atoms with van der Waals surface area (Å²) in [5, 5.41) is 16.6. The lowest BCUT2D eigenvalue weighted by Crippen LogP contribution is -2.34. The third-order valence-corrected chi connectivity index (χ3v) is 5.52. The number of carbonyl (C=O) groups is 2. The van der Waals surface area contributed by atoms with E-state index in [4.69, 9.17) is 9.84 Å². The summed E-state index contributed by atoms with van der Waals surface area (Å²) in [6.45, 7) is 7.43. The molecule has 9 heteroatoms. The average Bonchev–Trinajstić information content (AvgIpc) is 3.32. The number of fused-ring (bicyclic) bond motifs is 1. The molecule has 3 N–H and O–H groups in total. The van der Waals surface area contributed by atoms with Gasteiger partial charge in [-0.1, -0.05) is 6.92 Å². The summed E-state index contributed by atoms with van der Waals surface area (Å²) < 4.78 is 7.17. The molecule has 0 spiro atoms. The van der Waals surface area contributed by atoms with Gasteiger partial charge in [-0.2, -0.15) is 0 Å². The van der Waals surface area contributed by atoms with Gasteiger partial charge in [0.2, 0.25) is 0 Å². The second-order valence-corrected chi connectivity index (χ2v) is 9.12. The van der Waals surface area contributed by atoms with E-state index in [0.717, 1.165) is 22.6 Å². The van der Waals surface area contributed by atoms with Gasteiger partial charge in [0.25, 0.3) is 5.91 Å². The molecule has 2 amide bonds. The fourth-order valence-electron chi connectivity index (χ4n) is 3.05. The molecule has 0 radical (unpaired) electrons. The lowest BCUT2D eigenvalue weighted by Gasteiger charge is -2.19. The number of thiophene rings is 1. The van der Waals surface area contributed by atoms with Crippen molar-refractivity contribution in [2.24, 2.45) is 0 Å². The SMILES string of the molecule is CCC(CCO)NC(=O)c1csc(-c2cnc3ccc(NC(=O)OC(C)(C)C)cn23)c1. The molecule has 1 atom stereocenters. The lowest BCUT2D eigenvalue weighted by atomic mass is 10.1. The van der Waals surface area contributed by atoms with Gasteiger partial charge in [-0.05, 0) is 51.8 Å². The fraction of sp³-hybridized carbons (Fsp3) is 0.409. The summed E-state index contributed by atoms with van der Waals surface area (Å²) in [5.74, 6) is -0.163. The van der Waals surface area contributed by atoms with Crippen LogP contribution in [0.4, 0.5) is 10.5 Å². The van der Waals surface area contributed by atoms with Gasteiger partial charge >= 0.3 is 6.09 Å². The number of nitrogens with one attached hydrogen (secondary N) is 2. The molecule has 0 bridgehead atoms. The summed E-state index contributed by atoms with van der Waals surface area (Å²) in [6.07, 6.45) is 4.26. The maximum atomic E-state index is 12.6. The molecule has 31 heavy (non-hydrogen) atoms. The standard InChI is InChI=1S/C22H28N4O4S/c1-5-15(8-9-27)24-20(28)14-10-18(31-13-14)17-11-23-19-7-6-16(12-26(17)19)25-21(29)30-22(2,3)4/h6-7,10-13,15,27H,5,8-9H2,1-4H3,(H,24,28)(H,25,29). The molecule has 3 aromatic rings. The Hall–Kier alpha value is -2.91. The van der Waals surface area contributed by atoms with Crippen molar-refractivity contribution >= 4 is 34.7 Å². The van der Waals surface area contributed by atoms with Crippen molar-refractivity contribution in [1.82, 2.24) is 14.7 Å². The monoisotopic (exact) mass is 444 g/mol. The minimum atomic E-state index is -0.587. The van der Waals surface area contributed by atoms with Crippen LogP contribution in [0.3, 0.4) is 0 Å². The van der Waals surface area contributed by atoms with Crippen LogP contribution in [0.2, 0.25) is 0 Å². The van der Waals surface area contributed by atoms with Crippen LogP contribution in [0.5, 0.6) is 0 Å². The molecule has 0 aliphatic heterocycles. The van der Waals surface area contributed by atoms with Gasteiger partial charge in [-0.3, -0.25) is 14.5 Å². The number of hydrogen-bond donors (Lipinski definition) is 3. The molecule has 0 aliphatic rings. The van der Waals surface area contributed by atoms with Gasteiger partial charge in [-0.25, -0.2) is 9.78 Å². The normalized spacial score (nSPS) is 12.5. The van der Waals surface area contributed by atoms with Crippen LogP contribution in [-0.4, -0.2) is 44.7 Å². The van der Waals surface area contributed by atoms with Crippen LogP contribution < -0.4 is 10.6 Å². The van der Waals surface area contributed by atoms with E-state index >= 15 is 0 Å². The van der Waals surface area contributed by atoms with E-state index in [0.29, 0.717) is 17.7 Å². The van der Waals surface area contributed by atoms with Crippen molar-refractivity contribution in [1.29, 1.82) is 0 Å². The third-order valence-electron chi connectivity index (χ3n) is 4.57. The van der Waals surface area contributed by atoms with Gasteiger partial charge < -0.3 is 15.2 Å². The first-order valence-corrected chi connectivity index (χ1v) is 11.1. The number of amides is 2. The van der Waals surface area contributed by atoms with Gasteiger partial charge in [0.05, 0.1) is 28.0 Å². The molecule has 0 saturated heterocycles. The largest absolute Gasteiger partial charge is 0.444 e. The molecular formula is C22H28N4O4S. The van der Waals surface area contributed by atoms with E-state index in [-0.39, 0.29) is 18.6 Å². The lowest BCUT2D eigenvalue weighted by molar-refractivity contribution is 0.0635. The number of anilines is 1. The van der Waals surface area contributed by atoms with Crippen LogP contribution in [-0.2, 0) is 4.74 Å². The van der Waals surface area contributed by atoms with E-state index in [1.54, 1.807) is 50.7 Å². The van der Waals surface area contributed by atoms with E-state index in [1.165, 1.54) is 11.3 Å². The van der Waals surface area contributed by atoms with Crippen LogP contribution in [0.25, 0.3) is 16.2 Å². The van der Waals surface area contributed by atoms with Crippen molar-refractivity contribution < 1.29 is 19.4 Å². The maximum absolute atomic E-state index is 12.6. The molecule has 0 fully saturated rings. The van der Waals surface area contributed by atoms with E-state index in [2.05, 4.69) is 15.6 Å². The minimum absolute atomic E-state index is 0.0369. The number of aliphatic hydroxyl groups is 1. The number of imidazole rings is 1. The van der Waals surface area contributed by atoms with Crippen LogP contribution in [0.1, 0.15) is 50.9 Å². The van der Waals surface area contributed by atoms with E-state index in [9.17, 15) is 9.59 Å². The number of nitrogens with zero attached hydrogens (tertiary/aromatic N) is 2. The number of aliphatic hydroxyl groups excluding tert-OH is 1. The van der Waals surface area contributed by atoms with Gasteiger partial charge in [-0.15, -0.1) is 11.3 Å². The molecule has 3 aromatic heterocycles. The summed E-state index contributed by atoms with van der Waals surface area (Å²) in [5.41, 5.74) is 2.09.